The number of benzene rings is 3. The molecule has 0 aliphatic rings. The molecule has 0 heterocycles. The lowest BCUT2D eigenvalue weighted by molar-refractivity contribution is -0.114. The highest BCUT2D eigenvalue weighted by atomic mass is 32.2. The molecular formula is C26H30N2O5S. The van der Waals surface area contributed by atoms with E-state index < -0.39 is 22.5 Å². The Morgan fingerprint density at radius 2 is 1.59 bits per heavy atom. The van der Waals surface area contributed by atoms with Gasteiger partial charge < -0.3 is 14.8 Å². The van der Waals surface area contributed by atoms with Gasteiger partial charge in [-0.05, 0) is 66.9 Å². The molecule has 7 nitrogen and oxygen atoms in total. The van der Waals surface area contributed by atoms with Crippen molar-refractivity contribution < 1.29 is 22.7 Å². The molecule has 0 aliphatic heterocycles. The number of anilines is 2. The molecule has 34 heavy (non-hydrogen) atoms. The fraction of sp³-hybridized carbons (Fsp3) is 0.269. The van der Waals surface area contributed by atoms with Crippen molar-refractivity contribution in [3.63, 3.8) is 0 Å². The quantitative estimate of drug-likeness (QED) is 0.421. The Bertz CT molecular complexity index is 1190. The number of carbonyl (C=O) groups excluding carboxylic acids is 1. The number of hydrogen-bond donors (Lipinski definition) is 1. The summed E-state index contributed by atoms with van der Waals surface area (Å²) in [4.78, 5) is 13.0. The lowest BCUT2D eigenvalue weighted by atomic mass is 10.1. The molecule has 3 rings (SSSR count). The number of carbonyl (C=O) groups is 1. The van der Waals surface area contributed by atoms with Crippen LogP contribution in [0, 0.1) is 0 Å². The predicted octanol–water partition coefficient (Wildman–Crippen LogP) is 4.88. The smallest absolute Gasteiger partial charge is 0.264 e. The predicted molar refractivity (Wildman–Crippen MR) is 134 cm³/mol. The standard InChI is InChI=1S/C26H30N2O5S/c1-4-5-8-20-11-13-21(14-12-20)27-26(29)19-28(24-9-6-7-10-25(24)33-3)34(30,31)23-17-15-22(32-2)16-18-23/h6-7,9-18H,4-5,8,19H2,1-3H3,(H,27,29). The van der Waals surface area contributed by atoms with Gasteiger partial charge in [0.1, 0.15) is 18.0 Å². The molecule has 3 aromatic carbocycles. The molecular weight excluding hydrogens is 452 g/mol. The molecule has 0 radical (unpaired) electrons. The lowest BCUT2D eigenvalue weighted by Gasteiger charge is -2.25. The van der Waals surface area contributed by atoms with Gasteiger partial charge >= 0.3 is 0 Å². The van der Waals surface area contributed by atoms with Crippen molar-refractivity contribution in [3.8, 4) is 11.5 Å². The zero-order valence-corrected chi connectivity index (χ0v) is 20.5. The van der Waals surface area contributed by atoms with Crippen LogP contribution in [0.4, 0.5) is 11.4 Å². The molecule has 0 fully saturated rings. The maximum atomic E-state index is 13.6. The average molecular weight is 483 g/mol. The molecule has 1 amide bonds. The van der Waals surface area contributed by atoms with Crippen LogP contribution in [0.3, 0.4) is 0 Å². The minimum absolute atomic E-state index is 0.0345. The fourth-order valence-electron chi connectivity index (χ4n) is 3.48. The number of nitrogens with zero attached hydrogens (tertiary/aromatic N) is 1. The van der Waals surface area contributed by atoms with Crippen molar-refractivity contribution in [2.45, 2.75) is 31.1 Å². The second kappa shape index (κ2) is 11.6. The number of amides is 1. The van der Waals surface area contributed by atoms with Gasteiger partial charge in [0, 0.05) is 5.69 Å². The third-order valence-electron chi connectivity index (χ3n) is 5.35. The Hall–Kier alpha value is -3.52. The van der Waals surface area contributed by atoms with Crippen molar-refractivity contribution in [2.24, 2.45) is 0 Å². The average Bonchev–Trinajstić information content (AvgIpc) is 2.86. The van der Waals surface area contributed by atoms with E-state index in [0.717, 1.165) is 23.6 Å². The number of nitrogens with one attached hydrogen (secondary N) is 1. The topological polar surface area (TPSA) is 84.9 Å². The highest BCUT2D eigenvalue weighted by Crippen LogP contribution is 2.32. The van der Waals surface area contributed by atoms with E-state index in [9.17, 15) is 13.2 Å². The first kappa shape index (κ1) is 25.1. The monoisotopic (exact) mass is 482 g/mol. The minimum Gasteiger partial charge on any atom is -0.497 e. The van der Waals surface area contributed by atoms with E-state index in [2.05, 4.69) is 12.2 Å². The molecule has 1 N–H and O–H groups in total. The van der Waals surface area contributed by atoms with E-state index in [1.807, 2.05) is 24.3 Å². The number of sulfonamides is 1. The summed E-state index contributed by atoms with van der Waals surface area (Å²) < 4.78 is 38.7. The molecule has 0 aromatic heterocycles. The number of para-hydroxylation sites is 2. The first-order chi connectivity index (χ1) is 16.4. The number of aryl methyl sites for hydroxylation is 1. The second-order valence-corrected chi connectivity index (χ2v) is 9.57. The Morgan fingerprint density at radius 1 is 0.912 bits per heavy atom. The van der Waals surface area contributed by atoms with Crippen LogP contribution in [-0.4, -0.2) is 35.1 Å². The summed E-state index contributed by atoms with van der Waals surface area (Å²) in [6.45, 7) is 1.72. The third-order valence-corrected chi connectivity index (χ3v) is 7.12. The first-order valence-electron chi connectivity index (χ1n) is 11.1. The molecule has 0 spiro atoms. The van der Waals surface area contributed by atoms with Crippen LogP contribution in [0.15, 0.2) is 77.7 Å². The summed E-state index contributed by atoms with van der Waals surface area (Å²) in [5.74, 6) is 0.403. The Labute approximate surface area is 201 Å². The number of unbranched alkanes of at least 4 members (excludes halogenated alkanes) is 1. The normalized spacial score (nSPS) is 11.0. The van der Waals surface area contributed by atoms with Crippen molar-refractivity contribution in [2.75, 3.05) is 30.4 Å². The van der Waals surface area contributed by atoms with Gasteiger partial charge in [-0.3, -0.25) is 9.10 Å². The molecule has 0 bridgehead atoms. The second-order valence-electron chi connectivity index (χ2n) is 7.71. The van der Waals surface area contributed by atoms with Gasteiger partial charge in [0.2, 0.25) is 5.91 Å². The zero-order valence-electron chi connectivity index (χ0n) is 19.7. The van der Waals surface area contributed by atoms with E-state index in [0.29, 0.717) is 17.2 Å². The molecule has 0 aliphatic carbocycles. The van der Waals surface area contributed by atoms with Crippen LogP contribution >= 0.6 is 0 Å². The summed E-state index contributed by atoms with van der Waals surface area (Å²) >= 11 is 0. The van der Waals surface area contributed by atoms with Gasteiger partial charge in [-0.1, -0.05) is 37.6 Å². The van der Waals surface area contributed by atoms with Crippen molar-refractivity contribution >= 4 is 27.3 Å². The van der Waals surface area contributed by atoms with Gasteiger partial charge in [0.25, 0.3) is 10.0 Å². The van der Waals surface area contributed by atoms with Crippen LogP contribution in [0.5, 0.6) is 11.5 Å². The number of methoxy groups -OCH3 is 2. The van der Waals surface area contributed by atoms with Crippen LogP contribution in [-0.2, 0) is 21.2 Å². The van der Waals surface area contributed by atoms with Gasteiger partial charge in [-0.2, -0.15) is 0 Å². The van der Waals surface area contributed by atoms with E-state index >= 15 is 0 Å². The zero-order chi connectivity index (χ0) is 24.6. The summed E-state index contributed by atoms with van der Waals surface area (Å²) in [5.41, 5.74) is 2.07. The summed E-state index contributed by atoms with van der Waals surface area (Å²) in [6, 6.07) is 20.3. The summed E-state index contributed by atoms with van der Waals surface area (Å²) in [7, 11) is -1.12. The van der Waals surface area contributed by atoms with Crippen LogP contribution in [0.25, 0.3) is 0 Å². The minimum atomic E-state index is -4.08. The lowest BCUT2D eigenvalue weighted by Crippen LogP contribution is -2.38. The Balaban J connectivity index is 1.88. The van der Waals surface area contributed by atoms with E-state index in [1.165, 1.54) is 31.9 Å². The van der Waals surface area contributed by atoms with Gasteiger partial charge in [0.05, 0.1) is 24.8 Å². The molecule has 0 saturated heterocycles. The number of rotatable bonds is 11. The molecule has 0 saturated carbocycles. The molecule has 0 atom stereocenters. The van der Waals surface area contributed by atoms with Crippen molar-refractivity contribution in [1.82, 2.24) is 0 Å². The maximum Gasteiger partial charge on any atom is 0.264 e. The summed E-state index contributed by atoms with van der Waals surface area (Å²) in [5, 5.41) is 2.80. The third kappa shape index (κ3) is 6.08. The molecule has 0 unspecified atom stereocenters. The van der Waals surface area contributed by atoms with Crippen molar-refractivity contribution in [3.05, 3.63) is 78.4 Å². The SMILES string of the molecule is CCCCc1ccc(NC(=O)CN(c2ccccc2OC)S(=O)(=O)c2ccc(OC)cc2)cc1. The molecule has 180 valence electrons. The highest BCUT2D eigenvalue weighted by molar-refractivity contribution is 7.92. The van der Waals surface area contributed by atoms with Gasteiger partial charge in [0.15, 0.2) is 0 Å². The largest absolute Gasteiger partial charge is 0.497 e. The van der Waals surface area contributed by atoms with Crippen LogP contribution in [0.1, 0.15) is 25.3 Å². The fourth-order valence-corrected chi connectivity index (χ4v) is 4.91. The highest BCUT2D eigenvalue weighted by Gasteiger charge is 2.29. The van der Waals surface area contributed by atoms with E-state index in [1.54, 1.807) is 36.4 Å². The molecule has 3 aromatic rings. The van der Waals surface area contributed by atoms with E-state index in [-0.39, 0.29) is 10.6 Å². The van der Waals surface area contributed by atoms with Crippen LogP contribution < -0.4 is 19.1 Å². The van der Waals surface area contributed by atoms with E-state index in [4.69, 9.17) is 9.47 Å². The Morgan fingerprint density at radius 3 is 2.21 bits per heavy atom. The summed E-state index contributed by atoms with van der Waals surface area (Å²) in [6.07, 6.45) is 3.19. The number of ether oxygens (including phenoxy) is 2. The van der Waals surface area contributed by atoms with Crippen LogP contribution in [0.2, 0.25) is 0 Å². The molecule has 8 heteroatoms. The van der Waals surface area contributed by atoms with Gasteiger partial charge in [-0.25, -0.2) is 8.42 Å². The number of hydrogen-bond acceptors (Lipinski definition) is 5. The Kier molecular flexibility index (Phi) is 8.54. The van der Waals surface area contributed by atoms with Gasteiger partial charge in [-0.15, -0.1) is 0 Å². The first-order valence-corrected chi connectivity index (χ1v) is 12.5. The van der Waals surface area contributed by atoms with Crippen molar-refractivity contribution in [1.29, 1.82) is 0 Å². The maximum absolute atomic E-state index is 13.6.